The number of carbonyl (C=O) groups excluding carboxylic acids is 3. The van der Waals surface area contributed by atoms with Gasteiger partial charge in [-0.1, -0.05) is 35.9 Å². The maximum atomic E-state index is 12.1. The van der Waals surface area contributed by atoms with Crippen molar-refractivity contribution in [2.75, 3.05) is 11.9 Å². The molecule has 8 heteroatoms. The summed E-state index contributed by atoms with van der Waals surface area (Å²) in [6.07, 6.45) is 0.343. The molecular formula is C23H28ClN3O4. The number of carbonyl (C=O) groups is 3. The Bertz CT molecular complexity index is 908. The molecule has 0 atom stereocenters. The summed E-state index contributed by atoms with van der Waals surface area (Å²) in [5, 5.41) is 8.65. The average molecular weight is 446 g/mol. The van der Waals surface area contributed by atoms with Gasteiger partial charge in [-0.25, -0.2) is 4.79 Å². The fourth-order valence-corrected chi connectivity index (χ4v) is 2.75. The lowest BCUT2D eigenvalue weighted by atomic mass is 10.1. The standard InChI is InChI=1S/C23H28ClN3O4/c1-23(2,3)31-22(30)26-15-21(29)27-19-6-4-5-17(13-19)14-25-20(28)12-9-16-7-10-18(24)11-8-16/h4-8,10-11,13H,9,12,14-15H2,1-3H3,(H,25,28)(H,26,30)(H,27,29). The molecule has 0 heterocycles. The Hall–Kier alpha value is -3.06. The van der Waals surface area contributed by atoms with E-state index in [1.54, 1.807) is 51.1 Å². The molecule has 166 valence electrons. The SMILES string of the molecule is CC(C)(C)OC(=O)NCC(=O)Nc1cccc(CNC(=O)CCc2ccc(Cl)cc2)c1. The van der Waals surface area contributed by atoms with E-state index in [-0.39, 0.29) is 18.4 Å². The summed E-state index contributed by atoms with van der Waals surface area (Å²) in [6, 6.07) is 14.6. The third-order valence-electron chi connectivity index (χ3n) is 4.05. The van der Waals surface area contributed by atoms with Crippen molar-refractivity contribution in [3.8, 4) is 0 Å². The summed E-state index contributed by atoms with van der Waals surface area (Å²) in [5.74, 6) is -0.444. The molecule has 3 amide bonds. The van der Waals surface area contributed by atoms with Gasteiger partial charge < -0.3 is 20.7 Å². The molecule has 2 aromatic rings. The van der Waals surface area contributed by atoms with Gasteiger partial charge in [0.15, 0.2) is 0 Å². The molecule has 0 unspecified atom stereocenters. The minimum atomic E-state index is -0.655. The van der Waals surface area contributed by atoms with Crippen LogP contribution in [0.4, 0.5) is 10.5 Å². The van der Waals surface area contributed by atoms with Crippen molar-refractivity contribution < 1.29 is 19.1 Å². The van der Waals surface area contributed by atoms with Crippen LogP contribution in [0.2, 0.25) is 5.02 Å². The highest BCUT2D eigenvalue weighted by Gasteiger charge is 2.16. The lowest BCUT2D eigenvalue weighted by Gasteiger charge is -2.19. The molecule has 2 aromatic carbocycles. The third-order valence-corrected chi connectivity index (χ3v) is 4.30. The first kappa shape index (κ1) is 24.2. The molecule has 0 fully saturated rings. The van der Waals surface area contributed by atoms with Gasteiger partial charge in [0, 0.05) is 23.7 Å². The van der Waals surface area contributed by atoms with E-state index in [4.69, 9.17) is 16.3 Å². The number of ether oxygens (including phenoxy) is 1. The molecule has 31 heavy (non-hydrogen) atoms. The van der Waals surface area contributed by atoms with E-state index in [9.17, 15) is 14.4 Å². The number of alkyl carbamates (subject to hydrolysis) is 1. The van der Waals surface area contributed by atoms with Gasteiger partial charge in [0.1, 0.15) is 12.1 Å². The third kappa shape index (κ3) is 10.00. The van der Waals surface area contributed by atoms with Crippen LogP contribution in [-0.2, 0) is 27.3 Å². The minimum absolute atomic E-state index is 0.0639. The van der Waals surface area contributed by atoms with Gasteiger partial charge in [-0.3, -0.25) is 9.59 Å². The summed E-state index contributed by atoms with van der Waals surface area (Å²) >= 11 is 5.86. The van der Waals surface area contributed by atoms with Crippen molar-refractivity contribution in [1.29, 1.82) is 0 Å². The summed E-state index contributed by atoms with van der Waals surface area (Å²) < 4.78 is 5.09. The number of anilines is 1. The highest BCUT2D eigenvalue weighted by Crippen LogP contribution is 2.12. The summed E-state index contributed by atoms with van der Waals surface area (Å²) in [7, 11) is 0. The zero-order valence-electron chi connectivity index (χ0n) is 18.0. The van der Waals surface area contributed by atoms with Crippen LogP contribution in [0.5, 0.6) is 0 Å². The highest BCUT2D eigenvalue weighted by molar-refractivity contribution is 6.30. The number of rotatable bonds is 8. The van der Waals surface area contributed by atoms with Crippen LogP contribution >= 0.6 is 11.6 Å². The molecule has 0 radical (unpaired) electrons. The minimum Gasteiger partial charge on any atom is -0.444 e. The van der Waals surface area contributed by atoms with Crippen LogP contribution in [0.25, 0.3) is 0 Å². The Kier molecular flexibility index (Phi) is 8.88. The number of aryl methyl sites for hydroxylation is 1. The van der Waals surface area contributed by atoms with Gasteiger partial charge in [-0.2, -0.15) is 0 Å². The second-order valence-electron chi connectivity index (χ2n) is 8.01. The van der Waals surface area contributed by atoms with Gasteiger partial charge in [-0.15, -0.1) is 0 Å². The van der Waals surface area contributed by atoms with Crippen LogP contribution < -0.4 is 16.0 Å². The molecule has 0 aliphatic rings. The fraction of sp³-hybridized carbons (Fsp3) is 0.348. The summed E-state index contributed by atoms with van der Waals surface area (Å²) in [5.41, 5.74) is 1.83. The van der Waals surface area contributed by atoms with Gasteiger partial charge in [0.05, 0.1) is 0 Å². The summed E-state index contributed by atoms with van der Waals surface area (Å²) in [4.78, 5) is 35.8. The van der Waals surface area contributed by atoms with E-state index in [0.29, 0.717) is 30.1 Å². The predicted octanol–water partition coefficient (Wildman–Crippen LogP) is 4.05. The number of nitrogens with one attached hydrogen (secondary N) is 3. The first-order valence-electron chi connectivity index (χ1n) is 9.97. The Morgan fingerprint density at radius 1 is 0.935 bits per heavy atom. The molecule has 0 saturated heterocycles. The normalized spacial score (nSPS) is 10.8. The van der Waals surface area contributed by atoms with Crippen molar-refractivity contribution in [2.24, 2.45) is 0 Å². The molecule has 0 aliphatic heterocycles. The molecule has 3 N–H and O–H groups in total. The number of benzene rings is 2. The van der Waals surface area contributed by atoms with Crippen molar-refractivity contribution in [3.05, 3.63) is 64.7 Å². The molecule has 7 nitrogen and oxygen atoms in total. The monoisotopic (exact) mass is 445 g/mol. The zero-order valence-corrected chi connectivity index (χ0v) is 18.7. The van der Waals surface area contributed by atoms with Gasteiger partial charge in [0.2, 0.25) is 11.8 Å². The van der Waals surface area contributed by atoms with Gasteiger partial charge in [-0.05, 0) is 62.6 Å². The molecule has 0 bridgehead atoms. The molecule has 0 saturated carbocycles. The van der Waals surface area contributed by atoms with Crippen LogP contribution in [0, 0.1) is 0 Å². The van der Waals surface area contributed by atoms with E-state index < -0.39 is 11.7 Å². The number of halogens is 1. The van der Waals surface area contributed by atoms with Crippen molar-refractivity contribution >= 4 is 35.2 Å². The Morgan fingerprint density at radius 3 is 2.32 bits per heavy atom. The van der Waals surface area contributed by atoms with Crippen molar-refractivity contribution in [2.45, 2.75) is 45.8 Å². The first-order chi connectivity index (χ1) is 14.6. The average Bonchev–Trinajstić information content (AvgIpc) is 2.69. The fourth-order valence-electron chi connectivity index (χ4n) is 2.63. The first-order valence-corrected chi connectivity index (χ1v) is 10.4. The molecule has 0 aliphatic carbocycles. The lowest BCUT2D eigenvalue weighted by molar-refractivity contribution is -0.121. The second-order valence-corrected chi connectivity index (χ2v) is 8.44. The van der Waals surface area contributed by atoms with E-state index in [1.165, 1.54) is 0 Å². The molecule has 0 aromatic heterocycles. The topological polar surface area (TPSA) is 96.5 Å². The number of hydrogen-bond donors (Lipinski definition) is 3. The van der Waals surface area contributed by atoms with E-state index in [2.05, 4.69) is 16.0 Å². The largest absolute Gasteiger partial charge is 0.444 e. The molecular weight excluding hydrogens is 418 g/mol. The van der Waals surface area contributed by atoms with Crippen molar-refractivity contribution in [1.82, 2.24) is 10.6 Å². The summed E-state index contributed by atoms with van der Waals surface area (Å²) in [6.45, 7) is 5.37. The number of hydrogen-bond acceptors (Lipinski definition) is 4. The van der Waals surface area contributed by atoms with E-state index in [1.807, 2.05) is 18.2 Å². The van der Waals surface area contributed by atoms with Crippen LogP contribution in [0.15, 0.2) is 48.5 Å². The van der Waals surface area contributed by atoms with E-state index >= 15 is 0 Å². The quantitative estimate of drug-likeness (QED) is 0.571. The van der Waals surface area contributed by atoms with Gasteiger partial charge in [0.25, 0.3) is 0 Å². The Balaban J connectivity index is 1.75. The molecule has 0 spiro atoms. The van der Waals surface area contributed by atoms with Crippen LogP contribution in [0.1, 0.15) is 38.3 Å². The smallest absolute Gasteiger partial charge is 0.408 e. The number of amides is 3. The van der Waals surface area contributed by atoms with Crippen LogP contribution in [-0.4, -0.2) is 30.1 Å². The van der Waals surface area contributed by atoms with E-state index in [0.717, 1.165) is 11.1 Å². The highest BCUT2D eigenvalue weighted by atomic mass is 35.5. The predicted molar refractivity (Wildman–Crippen MR) is 121 cm³/mol. The lowest BCUT2D eigenvalue weighted by Crippen LogP contribution is -2.37. The van der Waals surface area contributed by atoms with Crippen LogP contribution in [0.3, 0.4) is 0 Å². The Morgan fingerprint density at radius 2 is 1.65 bits per heavy atom. The second kappa shape index (κ2) is 11.4. The van der Waals surface area contributed by atoms with Crippen molar-refractivity contribution in [3.63, 3.8) is 0 Å². The molecule has 2 rings (SSSR count). The maximum absolute atomic E-state index is 12.1. The Labute approximate surface area is 187 Å². The van der Waals surface area contributed by atoms with Gasteiger partial charge >= 0.3 is 6.09 Å². The maximum Gasteiger partial charge on any atom is 0.408 e. The zero-order chi connectivity index (χ0) is 22.9.